The third kappa shape index (κ3) is 4.28. The summed E-state index contributed by atoms with van der Waals surface area (Å²) in [6.45, 7) is 1.80. The van der Waals surface area contributed by atoms with E-state index in [9.17, 15) is 8.42 Å². The fraction of sp³-hybridized carbons (Fsp3) is 0.133. The van der Waals surface area contributed by atoms with Crippen molar-refractivity contribution in [2.45, 2.75) is 12.7 Å². The van der Waals surface area contributed by atoms with Crippen molar-refractivity contribution in [3.05, 3.63) is 69.3 Å². The lowest BCUT2D eigenvalue weighted by molar-refractivity contribution is 0.604. The molecule has 5 heteroatoms. The lowest BCUT2D eigenvalue weighted by Crippen LogP contribution is -2.03. The minimum atomic E-state index is -3.31. The fourth-order valence-corrected chi connectivity index (χ4v) is 3.27. The second-order valence-corrected chi connectivity index (χ2v) is 7.22. The molecule has 104 valence electrons. The average molecular weight is 352 g/mol. The van der Waals surface area contributed by atoms with Gasteiger partial charge in [-0.15, -0.1) is 0 Å². The van der Waals surface area contributed by atoms with E-state index in [-0.39, 0.29) is 5.75 Å². The van der Waals surface area contributed by atoms with Gasteiger partial charge in [0, 0.05) is 21.8 Å². The summed E-state index contributed by atoms with van der Waals surface area (Å²) in [7, 11) is -3.31. The van der Waals surface area contributed by atoms with Crippen molar-refractivity contribution in [2.24, 2.45) is 0 Å². The summed E-state index contributed by atoms with van der Waals surface area (Å²) in [5.74, 6) is -0.0470. The zero-order valence-electron chi connectivity index (χ0n) is 11.0. The molecule has 0 radical (unpaired) electrons. The number of hydrogen-bond acceptors (Lipinski definition) is 3. The Labute approximate surface area is 127 Å². The molecule has 0 bridgehead atoms. The van der Waals surface area contributed by atoms with E-state index in [1.165, 1.54) is 5.41 Å². The van der Waals surface area contributed by atoms with Crippen LogP contribution in [0.5, 0.6) is 0 Å². The molecule has 1 aromatic heterocycles. The van der Waals surface area contributed by atoms with Crippen molar-refractivity contribution in [2.75, 3.05) is 0 Å². The number of benzene rings is 1. The Balaban J connectivity index is 2.19. The summed E-state index contributed by atoms with van der Waals surface area (Å²) in [6.07, 6.45) is 3.27. The number of rotatable bonds is 4. The van der Waals surface area contributed by atoms with E-state index < -0.39 is 9.84 Å². The number of pyridine rings is 1. The molecule has 20 heavy (non-hydrogen) atoms. The van der Waals surface area contributed by atoms with Gasteiger partial charge in [-0.2, -0.15) is 0 Å². The summed E-state index contributed by atoms with van der Waals surface area (Å²) in [4.78, 5) is 4.15. The summed E-state index contributed by atoms with van der Waals surface area (Å²) in [5, 5.41) is 1.25. The van der Waals surface area contributed by atoms with Crippen LogP contribution < -0.4 is 0 Å². The highest BCUT2D eigenvalue weighted by molar-refractivity contribution is 9.10. The topological polar surface area (TPSA) is 47.0 Å². The number of nitrogens with zero attached hydrogens (tertiary/aromatic N) is 1. The van der Waals surface area contributed by atoms with Crippen LogP contribution in [0.25, 0.3) is 6.08 Å². The molecule has 2 aromatic rings. The van der Waals surface area contributed by atoms with Crippen LogP contribution in [0.3, 0.4) is 0 Å². The molecule has 0 atom stereocenters. The highest BCUT2D eigenvalue weighted by Gasteiger charge is 2.11. The average Bonchev–Trinajstić information content (AvgIpc) is 2.42. The Morgan fingerprint density at radius 3 is 2.65 bits per heavy atom. The number of hydrogen-bond donors (Lipinski definition) is 0. The second kappa shape index (κ2) is 6.33. The van der Waals surface area contributed by atoms with Gasteiger partial charge in [0.1, 0.15) is 0 Å². The molecule has 0 N–H and O–H groups in total. The maximum Gasteiger partial charge on any atom is 0.175 e. The minimum Gasteiger partial charge on any atom is -0.260 e. The predicted octanol–water partition coefficient (Wildman–Crippen LogP) is 3.74. The van der Waals surface area contributed by atoms with Gasteiger partial charge in [0.15, 0.2) is 9.84 Å². The number of aryl methyl sites for hydroxylation is 1. The molecule has 0 amide bonds. The Bertz CT molecular complexity index is 725. The maximum atomic E-state index is 12.1. The first-order valence-electron chi connectivity index (χ1n) is 6.03. The van der Waals surface area contributed by atoms with Crippen LogP contribution >= 0.6 is 15.9 Å². The summed E-state index contributed by atoms with van der Waals surface area (Å²) in [6, 6.07) is 11.1. The lowest BCUT2D eigenvalue weighted by Gasteiger charge is -2.04. The molecule has 0 saturated heterocycles. The Morgan fingerprint density at radius 1 is 1.25 bits per heavy atom. The molecule has 0 aliphatic rings. The highest BCUT2D eigenvalue weighted by atomic mass is 79.9. The molecular formula is C15H14BrNO2S. The van der Waals surface area contributed by atoms with E-state index in [0.29, 0.717) is 5.56 Å². The van der Waals surface area contributed by atoms with E-state index in [1.54, 1.807) is 25.3 Å². The van der Waals surface area contributed by atoms with Gasteiger partial charge in [-0.25, -0.2) is 8.42 Å². The van der Waals surface area contributed by atoms with Crippen LogP contribution in [0.15, 0.2) is 52.5 Å². The van der Waals surface area contributed by atoms with Crippen LogP contribution in [0, 0.1) is 6.92 Å². The van der Waals surface area contributed by atoms with E-state index in [2.05, 4.69) is 20.9 Å². The molecule has 1 heterocycles. The molecule has 2 rings (SSSR count). The minimum absolute atomic E-state index is 0.0470. The predicted molar refractivity (Wildman–Crippen MR) is 84.8 cm³/mol. The van der Waals surface area contributed by atoms with Crippen molar-refractivity contribution in [3.63, 3.8) is 0 Å². The fourth-order valence-electron chi connectivity index (χ4n) is 1.71. The second-order valence-electron chi connectivity index (χ2n) is 4.42. The summed E-state index contributed by atoms with van der Waals surface area (Å²) >= 11 is 3.30. The Morgan fingerprint density at radius 2 is 1.95 bits per heavy atom. The van der Waals surface area contributed by atoms with Crippen molar-refractivity contribution < 1.29 is 8.42 Å². The van der Waals surface area contributed by atoms with Gasteiger partial charge in [0.25, 0.3) is 0 Å². The molecule has 0 aliphatic carbocycles. The normalized spacial score (nSPS) is 11.9. The highest BCUT2D eigenvalue weighted by Crippen LogP contribution is 2.17. The summed E-state index contributed by atoms with van der Waals surface area (Å²) < 4.78 is 25.0. The maximum absolute atomic E-state index is 12.1. The molecule has 3 nitrogen and oxygen atoms in total. The van der Waals surface area contributed by atoms with E-state index in [1.807, 2.05) is 30.3 Å². The molecule has 0 aliphatic heterocycles. The first kappa shape index (κ1) is 14.9. The lowest BCUT2D eigenvalue weighted by atomic mass is 10.2. The van der Waals surface area contributed by atoms with Crippen molar-refractivity contribution in [3.8, 4) is 0 Å². The van der Waals surface area contributed by atoms with Gasteiger partial charge in [0.05, 0.1) is 5.75 Å². The van der Waals surface area contributed by atoms with E-state index in [4.69, 9.17) is 0 Å². The monoisotopic (exact) mass is 351 g/mol. The third-order valence-corrected chi connectivity index (χ3v) is 4.48. The first-order chi connectivity index (χ1) is 9.46. The van der Waals surface area contributed by atoms with Gasteiger partial charge in [-0.1, -0.05) is 30.3 Å². The zero-order chi connectivity index (χ0) is 14.6. The molecule has 0 spiro atoms. The van der Waals surface area contributed by atoms with Crippen molar-refractivity contribution >= 4 is 31.8 Å². The van der Waals surface area contributed by atoms with E-state index >= 15 is 0 Å². The van der Waals surface area contributed by atoms with Gasteiger partial charge in [-0.3, -0.25) is 4.98 Å². The van der Waals surface area contributed by atoms with Gasteiger partial charge in [-0.05, 0) is 46.1 Å². The molecular weight excluding hydrogens is 338 g/mol. The van der Waals surface area contributed by atoms with E-state index in [0.717, 1.165) is 15.7 Å². The third-order valence-electron chi connectivity index (χ3n) is 2.78. The van der Waals surface area contributed by atoms with Crippen molar-refractivity contribution in [1.29, 1.82) is 0 Å². The van der Waals surface area contributed by atoms with Crippen LogP contribution in [-0.2, 0) is 15.6 Å². The zero-order valence-corrected chi connectivity index (χ0v) is 13.4. The smallest absolute Gasteiger partial charge is 0.175 e. The van der Waals surface area contributed by atoms with Gasteiger partial charge < -0.3 is 0 Å². The first-order valence-corrected chi connectivity index (χ1v) is 8.54. The number of aromatic nitrogens is 1. The van der Waals surface area contributed by atoms with Crippen molar-refractivity contribution in [1.82, 2.24) is 4.98 Å². The SMILES string of the molecule is Cc1ncc(Br)cc1CS(=O)(=O)/C=C/c1ccccc1. The Hall–Kier alpha value is -1.46. The Kier molecular flexibility index (Phi) is 4.73. The van der Waals surface area contributed by atoms with Crippen LogP contribution in [-0.4, -0.2) is 13.4 Å². The molecule has 0 saturated carbocycles. The number of halogens is 1. The molecule has 0 unspecified atom stereocenters. The standard InChI is InChI=1S/C15H14BrNO2S/c1-12-14(9-15(16)10-17-12)11-20(18,19)8-7-13-5-3-2-4-6-13/h2-10H,11H2,1H3/b8-7+. The quantitative estimate of drug-likeness (QED) is 0.842. The van der Waals surface area contributed by atoms with Gasteiger partial charge >= 0.3 is 0 Å². The summed E-state index contributed by atoms with van der Waals surface area (Å²) in [5.41, 5.74) is 2.29. The van der Waals surface area contributed by atoms with Crippen LogP contribution in [0.2, 0.25) is 0 Å². The van der Waals surface area contributed by atoms with Crippen LogP contribution in [0.4, 0.5) is 0 Å². The molecule has 1 aromatic carbocycles. The van der Waals surface area contributed by atoms with Gasteiger partial charge in [0.2, 0.25) is 0 Å². The molecule has 0 fully saturated rings. The largest absolute Gasteiger partial charge is 0.260 e. The number of sulfone groups is 1. The van der Waals surface area contributed by atoms with Crippen LogP contribution in [0.1, 0.15) is 16.8 Å².